The van der Waals surface area contributed by atoms with Gasteiger partial charge >= 0.3 is 0 Å². The van der Waals surface area contributed by atoms with Crippen LogP contribution in [-0.2, 0) is 0 Å². The summed E-state index contributed by atoms with van der Waals surface area (Å²) < 4.78 is 0. The Morgan fingerprint density at radius 3 is 3.06 bits per heavy atom. The van der Waals surface area contributed by atoms with Crippen LogP contribution in [-0.4, -0.2) is 34.2 Å². The lowest BCUT2D eigenvalue weighted by Crippen LogP contribution is -2.38. The number of aliphatic hydroxyl groups is 1. The predicted molar refractivity (Wildman–Crippen MR) is 67.6 cm³/mol. The zero-order chi connectivity index (χ0) is 13.0. The Bertz CT molecular complexity index is 425. The molecule has 0 saturated carbocycles. The number of pyridine rings is 1. The SMILES string of the molecule is O=[N+]([O-])c1ccnc(N2CCCCCC2CO)c1. The van der Waals surface area contributed by atoms with E-state index < -0.39 is 4.92 Å². The topological polar surface area (TPSA) is 79.5 Å². The molecule has 1 saturated heterocycles. The van der Waals surface area contributed by atoms with Crippen molar-refractivity contribution in [2.24, 2.45) is 0 Å². The number of nitrogens with zero attached hydrogens (tertiary/aromatic N) is 3. The normalized spacial score (nSPS) is 20.5. The Labute approximate surface area is 105 Å². The van der Waals surface area contributed by atoms with Crippen molar-refractivity contribution in [3.05, 3.63) is 28.4 Å². The minimum Gasteiger partial charge on any atom is -0.394 e. The molecule has 0 aliphatic carbocycles. The second-order valence-corrected chi connectivity index (χ2v) is 4.51. The Hall–Kier alpha value is -1.69. The van der Waals surface area contributed by atoms with Crippen LogP contribution in [0.2, 0.25) is 0 Å². The van der Waals surface area contributed by atoms with Crippen molar-refractivity contribution in [3.8, 4) is 0 Å². The van der Waals surface area contributed by atoms with E-state index in [-0.39, 0.29) is 18.3 Å². The molecule has 1 aliphatic heterocycles. The first kappa shape index (κ1) is 12.8. The molecule has 1 fully saturated rings. The third-order valence-corrected chi connectivity index (χ3v) is 3.32. The molecular formula is C12H17N3O3. The third-order valence-electron chi connectivity index (χ3n) is 3.32. The van der Waals surface area contributed by atoms with Gasteiger partial charge in [0.05, 0.1) is 23.6 Å². The first-order valence-corrected chi connectivity index (χ1v) is 6.20. The molecule has 98 valence electrons. The number of anilines is 1. The largest absolute Gasteiger partial charge is 0.394 e. The van der Waals surface area contributed by atoms with Gasteiger partial charge in [0.1, 0.15) is 5.82 Å². The minimum absolute atomic E-state index is 0.0157. The van der Waals surface area contributed by atoms with Crippen LogP contribution in [0.4, 0.5) is 11.5 Å². The summed E-state index contributed by atoms with van der Waals surface area (Å²) in [6.45, 7) is 0.851. The van der Waals surface area contributed by atoms with Crippen molar-refractivity contribution in [1.29, 1.82) is 0 Å². The molecule has 1 unspecified atom stereocenters. The van der Waals surface area contributed by atoms with Gasteiger partial charge in [-0.3, -0.25) is 10.1 Å². The summed E-state index contributed by atoms with van der Waals surface area (Å²) in [6.07, 6.45) is 5.59. The summed E-state index contributed by atoms with van der Waals surface area (Å²) in [5.74, 6) is 0.588. The second-order valence-electron chi connectivity index (χ2n) is 4.51. The van der Waals surface area contributed by atoms with E-state index >= 15 is 0 Å². The van der Waals surface area contributed by atoms with Gasteiger partial charge < -0.3 is 10.0 Å². The van der Waals surface area contributed by atoms with Crippen molar-refractivity contribution < 1.29 is 10.0 Å². The maximum atomic E-state index is 10.8. The number of rotatable bonds is 3. The van der Waals surface area contributed by atoms with Crippen LogP contribution in [0.5, 0.6) is 0 Å². The van der Waals surface area contributed by atoms with Gasteiger partial charge in [-0.05, 0) is 12.8 Å². The van der Waals surface area contributed by atoms with E-state index in [4.69, 9.17) is 0 Å². The zero-order valence-electron chi connectivity index (χ0n) is 10.2. The fourth-order valence-corrected chi connectivity index (χ4v) is 2.35. The molecule has 1 aromatic rings. The highest BCUT2D eigenvalue weighted by atomic mass is 16.6. The van der Waals surface area contributed by atoms with Crippen LogP contribution in [0.1, 0.15) is 25.7 Å². The molecule has 2 heterocycles. The smallest absolute Gasteiger partial charge is 0.274 e. The summed E-state index contributed by atoms with van der Waals surface area (Å²) in [7, 11) is 0. The van der Waals surface area contributed by atoms with Crippen molar-refractivity contribution in [1.82, 2.24) is 4.98 Å². The summed E-state index contributed by atoms with van der Waals surface area (Å²) in [5, 5.41) is 20.2. The van der Waals surface area contributed by atoms with Gasteiger partial charge in [-0.25, -0.2) is 4.98 Å². The summed E-state index contributed by atoms with van der Waals surface area (Å²) >= 11 is 0. The van der Waals surface area contributed by atoms with E-state index in [1.165, 1.54) is 18.3 Å². The number of hydrogen-bond donors (Lipinski definition) is 1. The van der Waals surface area contributed by atoms with E-state index in [2.05, 4.69) is 4.98 Å². The standard InChI is InChI=1S/C12H17N3O3/c16-9-11-4-2-1-3-7-14(11)12-8-10(15(17)18)5-6-13-12/h5-6,8,11,16H,1-4,7,9H2. The molecule has 1 aromatic heterocycles. The van der Waals surface area contributed by atoms with Crippen molar-refractivity contribution in [2.45, 2.75) is 31.7 Å². The highest BCUT2D eigenvalue weighted by Crippen LogP contribution is 2.24. The van der Waals surface area contributed by atoms with E-state index in [1.54, 1.807) is 0 Å². The number of nitro groups is 1. The van der Waals surface area contributed by atoms with Crippen LogP contribution < -0.4 is 4.90 Å². The fraction of sp³-hybridized carbons (Fsp3) is 0.583. The molecule has 0 bridgehead atoms. The molecule has 1 aliphatic rings. The Morgan fingerprint density at radius 2 is 2.33 bits per heavy atom. The van der Waals surface area contributed by atoms with E-state index in [9.17, 15) is 15.2 Å². The quantitative estimate of drug-likeness (QED) is 0.653. The molecule has 6 heteroatoms. The molecule has 1 atom stereocenters. The highest BCUT2D eigenvalue weighted by molar-refractivity contribution is 5.47. The third kappa shape index (κ3) is 2.76. The lowest BCUT2D eigenvalue weighted by molar-refractivity contribution is -0.384. The van der Waals surface area contributed by atoms with Gasteiger partial charge in [0.15, 0.2) is 0 Å². The lowest BCUT2D eigenvalue weighted by atomic mass is 10.1. The van der Waals surface area contributed by atoms with Gasteiger partial charge in [-0.2, -0.15) is 0 Å². The monoisotopic (exact) mass is 251 g/mol. The average molecular weight is 251 g/mol. The van der Waals surface area contributed by atoms with Crippen molar-refractivity contribution >= 4 is 11.5 Å². The maximum Gasteiger partial charge on any atom is 0.274 e. The number of hydrogen-bond acceptors (Lipinski definition) is 5. The molecule has 0 radical (unpaired) electrons. The van der Waals surface area contributed by atoms with E-state index in [0.29, 0.717) is 5.82 Å². The molecular weight excluding hydrogens is 234 g/mol. The van der Waals surface area contributed by atoms with E-state index in [0.717, 1.165) is 32.2 Å². The molecule has 1 N–H and O–H groups in total. The average Bonchev–Trinajstić information content (AvgIpc) is 2.63. The van der Waals surface area contributed by atoms with Crippen LogP contribution in [0.15, 0.2) is 18.3 Å². The first-order chi connectivity index (χ1) is 8.72. The zero-order valence-corrected chi connectivity index (χ0v) is 10.2. The number of aromatic nitrogens is 1. The molecule has 18 heavy (non-hydrogen) atoms. The number of aliphatic hydroxyl groups excluding tert-OH is 1. The van der Waals surface area contributed by atoms with Crippen LogP contribution in [0.25, 0.3) is 0 Å². The highest BCUT2D eigenvalue weighted by Gasteiger charge is 2.22. The van der Waals surface area contributed by atoms with Gasteiger partial charge in [-0.15, -0.1) is 0 Å². The van der Waals surface area contributed by atoms with Gasteiger partial charge in [0.25, 0.3) is 5.69 Å². The van der Waals surface area contributed by atoms with Crippen molar-refractivity contribution in [3.63, 3.8) is 0 Å². The van der Waals surface area contributed by atoms with Crippen molar-refractivity contribution in [2.75, 3.05) is 18.1 Å². The molecule has 0 aromatic carbocycles. The first-order valence-electron chi connectivity index (χ1n) is 6.20. The predicted octanol–water partition coefficient (Wildman–Crippen LogP) is 1.73. The lowest BCUT2D eigenvalue weighted by Gasteiger charge is -2.29. The summed E-state index contributed by atoms with van der Waals surface area (Å²) in [5.41, 5.74) is 0.0425. The Balaban J connectivity index is 2.26. The molecule has 0 spiro atoms. The second kappa shape index (κ2) is 5.77. The van der Waals surface area contributed by atoms with Gasteiger partial charge in [-0.1, -0.05) is 12.8 Å². The van der Waals surface area contributed by atoms with E-state index in [1.807, 2.05) is 4.90 Å². The van der Waals surface area contributed by atoms with Crippen LogP contribution in [0, 0.1) is 10.1 Å². The Kier molecular flexibility index (Phi) is 4.09. The van der Waals surface area contributed by atoms with Crippen LogP contribution in [0.3, 0.4) is 0 Å². The molecule has 6 nitrogen and oxygen atoms in total. The molecule has 2 rings (SSSR count). The molecule has 0 amide bonds. The Morgan fingerprint density at radius 1 is 1.50 bits per heavy atom. The minimum atomic E-state index is -0.420. The summed E-state index contributed by atoms with van der Waals surface area (Å²) in [6, 6.07) is 2.88. The summed E-state index contributed by atoms with van der Waals surface area (Å²) in [4.78, 5) is 16.5. The van der Waals surface area contributed by atoms with Gasteiger partial charge in [0, 0.05) is 18.8 Å². The van der Waals surface area contributed by atoms with Crippen LogP contribution >= 0.6 is 0 Å². The fourth-order valence-electron chi connectivity index (χ4n) is 2.35. The van der Waals surface area contributed by atoms with Gasteiger partial charge in [0.2, 0.25) is 0 Å². The maximum absolute atomic E-state index is 10.8.